The molecule has 2 atom stereocenters. The first-order valence-corrected chi connectivity index (χ1v) is 8.90. The van der Waals surface area contributed by atoms with Gasteiger partial charge in [0.25, 0.3) is 0 Å². The van der Waals surface area contributed by atoms with Crippen LogP contribution in [0.3, 0.4) is 0 Å². The molecular formula is C17H18N3O4S-. The molecule has 7 nitrogen and oxygen atoms in total. The van der Waals surface area contributed by atoms with E-state index in [-0.39, 0.29) is 5.91 Å². The maximum Gasteiger partial charge on any atom is 0.229 e. The first kappa shape index (κ1) is 17.3. The van der Waals surface area contributed by atoms with E-state index in [1.54, 1.807) is 7.11 Å². The van der Waals surface area contributed by atoms with E-state index >= 15 is 0 Å². The lowest BCUT2D eigenvalue weighted by Crippen LogP contribution is -2.42. The lowest BCUT2D eigenvalue weighted by molar-refractivity contribution is -0.313. The normalized spacial score (nSPS) is 20.0. The molecule has 1 N–H and O–H groups in total. The monoisotopic (exact) mass is 360 g/mol. The Kier molecular flexibility index (Phi) is 5.28. The maximum absolute atomic E-state index is 12.4. The molecule has 3 rings (SSSR count). The predicted octanol–water partition coefficient (Wildman–Crippen LogP) is 1.71. The largest absolute Gasteiger partial charge is 0.550 e. The van der Waals surface area contributed by atoms with E-state index < -0.39 is 17.8 Å². The van der Waals surface area contributed by atoms with Gasteiger partial charge in [0, 0.05) is 23.4 Å². The van der Waals surface area contributed by atoms with Crippen molar-refractivity contribution < 1.29 is 19.4 Å². The van der Waals surface area contributed by atoms with Crippen LogP contribution in [0.4, 0.5) is 5.13 Å². The van der Waals surface area contributed by atoms with Crippen molar-refractivity contribution in [2.45, 2.75) is 25.7 Å². The van der Waals surface area contributed by atoms with E-state index in [4.69, 9.17) is 4.74 Å². The second-order valence-electron chi connectivity index (χ2n) is 5.95. The Morgan fingerprint density at radius 3 is 2.48 bits per heavy atom. The van der Waals surface area contributed by atoms with Crippen LogP contribution in [0, 0.1) is 11.8 Å². The van der Waals surface area contributed by atoms with Crippen LogP contribution in [-0.2, 0) is 9.59 Å². The molecule has 0 spiro atoms. The second-order valence-corrected chi connectivity index (χ2v) is 6.92. The van der Waals surface area contributed by atoms with Gasteiger partial charge < -0.3 is 20.0 Å². The van der Waals surface area contributed by atoms with Crippen molar-refractivity contribution in [1.29, 1.82) is 0 Å². The molecular weight excluding hydrogens is 342 g/mol. The van der Waals surface area contributed by atoms with Gasteiger partial charge in [-0.15, -0.1) is 10.2 Å². The average Bonchev–Trinajstić information content (AvgIpc) is 3.10. The zero-order valence-corrected chi connectivity index (χ0v) is 14.5. The van der Waals surface area contributed by atoms with Gasteiger partial charge in [-0.1, -0.05) is 24.2 Å². The van der Waals surface area contributed by atoms with Gasteiger partial charge in [-0.2, -0.15) is 0 Å². The maximum atomic E-state index is 12.4. The number of aromatic nitrogens is 2. The zero-order chi connectivity index (χ0) is 17.8. The standard InChI is InChI=1S/C17H19N3O4S/c1-24-11-8-6-10(7-9-11)15-19-20-17(25-15)18-14(21)12-4-2-3-5-13(12)16(22)23/h6-9,12-13H,2-5H2,1H3,(H,22,23)(H,18,20,21)/p-1/t12-,13-/m0/s1. The SMILES string of the molecule is COc1ccc(-c2nnc(NC(=O)[C@H]3CCCC[C@@H]3C(=O)[O-])s2)cc1. The molecule has 0 aliphatic heterocycles. The molecule has 1 amide bonds. The number of hydrogen-bond donors (Lipinski definition) is 1. The topological polar surface area (TPSA) is 104 Å². The number of carboxylic acid groups (broad SMARTS) is 1. The number of amides is 1. The van der Waals surface area contributed by atoms with E-state index in [9.17, 15) is 14.7 Å². The predicted molar refractivity (Wildman–Crippen MR) is 91.0 cm³/mol. The smallest absolute Gasteiger partial charge is 0.229 e. The Morgan fingerprint density at radius 2 is 1.84 bits per heavy atom. The Labute approximate surface area is 149 Å². The quantitative estimate of drug-likeness (QED) is 0.870. The molecule has 0 radical (unpaired) electrons. The van der Waals surface area contributed by atoms with Crippen LogP contribution in [-0.4, -0.2) is 29.2 Å². The van der Waals surface area contributed by atoms with E-state index in [1.807, 2.05) is 24.3 Å². The fourth-order valence-electron chi connectivity index (χ4n) is 3.05. The Balaban J connectivity index is 1.69. The molecule has 25 heavy (non-hydrogen) atoms. The number of ether oxygens (including phenoxy) is 1. The molecule has 2 aromatic rings. The number of carbonyl (C=O) groups excluding carboxylic acids is 2. The molecule has 0 saturated heterocycles. The summed E-state index contributed by atoms with van der Waals surface area (Å²) in [5, 5.41) is 23.0. The average molecular weight is 360 g/mol. The Hall–Kier alpha value is -2.48. The summed E-state index contributed by atoms with van der Waals surface area (Å²) < 4.78 is 5.12. The van der Waals surface area contributed by atoms with Crippen molar-refractivity contribution in [2.75, 3.05) is 12.4 Å². The van der Waals surface area contributed by atoms with Crippen molar-refractivity contribution in [3.63, 3.8) is 0 Å². The highest BCUT2D eigenvalue weighted by Crippen LogP contribution is 2.32. The number of nitrogens with zero attached hydrogens (tertiary/aromatic N) is 2. The van der Waals surface area contributed by atoms with Crippen LogP contribution in [0.2, 0.25) is 0 Å². The van der Waals surface area contributed by atoms with Gasteiger partial charge in [-0.25, -0.2) is 0 Å². The lowest BCUT2D eigenvalue weighted by atomic mass is 9.79. The van der Waals surface area contributed by atoms with Gasteiger partial charge in [0.15, 0.2) is 0 Å². The van der Waals surface area contributed by atoms with Crippen molar-refractivity contribution in [2.24, 2.45) is 11.8 Å². The summed E-state index contributed by atoms with van der Waals surface area (Å²) in [4.78, 5) is 23.7. The summed E-state index contributed by atoms with van der Waals surface area (Å²) in [6, 6.07) is 7.36. The molecule has 1 fully saturated rings. The van der Waals surface area contributed by atoms with Crippen molar-refractivity contribution >= 4 is 28.3 Å². The molecule has 1 heterocycles. The molecule has 1 saturated carbocycles. The van der Waals surface area contributed by atoms with Crippen LogP contribution in [0.5, 0.6) is 5.75 Å². The molecule has 1 aliphatic carbocycles. The number of methoxy groups -OCH3 is 1. The molecule has 8 heteroatoms. The number of anilines is 1. The summed E-state index contributed by atoms with van der Waals surface area (Å²) in [6.45, 7) is 0. The summed E-state index contributed by atoms with van der Waals surface area (Å²) in [5.74, 6) is -2.05. The van der Waals surface area contributed by atoms with Gasteiger partial charge in [-0.05, 0) is 37.1 Å². The Bertz CT molecular complexity index is 760. The van der Waals surface area contributed by atoms with Crippen LogP contribution in [0.1, 0.15) is 25.7 Å². The molecule has 1 aromatic carbocycles. The first-order valence-electron chi connectivity index (χ1n) is 8.08. The fourth-order valence-corrected chi connectivity index (χ4v) is 3.80. The number of nitrogens with one attached hydrogen (secondary N) is 1. The highest BCUT2D eigenvalue weighted by Gasteiger charge is 2.32. The number of hydrogen-bond acceptors (Lipinski definition) is 7. The zero-order valence-electron chi connectivity index (χ0n) is 13.7. The van der Waals surface area contributed by atoms with Crippen LogP contribution in [0.15, 0.2) is 24.3 Å². The molecule has 1 aromatic heterocycles. The van der Waals surface area contributed by atoms with Gasteiger partial charge in [0.05, 0.1) is 7.11 Å². The number of aliphatic carboxylic acids is 1. The third-order valence-corrected chi connectivity index (χ3v) is 5.29. The van der Waals surface area contributed by atoms with Gasteiger partial charge in [0.2, 0.25) is 11.0 Å². The third-order valence-electron chi connectivity index (χ3n) is 4.40. The summed E-state index contributed by atoms with van der Waals surface area (Å²) >= 11 is 1.24. The minimum absolute atomic E-state index is 0.327. The van der Waals surface area contributed by atoms with E-state index in [0.717, 1.165) is 24.2 Å². The summed E-state index contributed by atoms with van der Waals surface area (Å²) in [6.07, 6.45) is 2.68. The van der Waals surface area contributed by atoms with Crippen LogP contribution >= 0.6 is 11.3 Å². The third kappa shape index (κ3) is 3.96. The number of carboxylic acids is 1. The van der Waals surface area contributed by atoms with Gasteiger partial charge >= 0.3 is 0 Å². The summed E-state index contributed by atoms with van der Waals surface area (Å²) in [5.41, 5.74) is 0.865. The van der Waals surface area contributed by atoms with Crippen LogP contribution < -0.4 is 15.2 Å². The number of benzene rings is 1. The van der Waals surface area contributed by atoms with E-state index in [0.29, 0.717) is 23.0 Å². The highest BCUT2D eigenvalue weighted by atomic mass is 32.1. The van der Waals surface area contributed by atoms with Crippen molar-refractivity contribution in [3.8, 4) is 16.3 Å². The number of carbonyl (C=O) groups is 2. The van der Waals surface area contributed by atoms with Crippen LogP contribution in [0.25, 0.3) is 10.6 Å². The fraction of sp³-hybridized carbons (Fsp3) is 0.412. The minimum Gasteiger partial charge on any atom is -0.550 e. The molecule has 0 unspecified atom stereocenters. The summed E-state index contributed by atoms with van der Waals surface area (Å²) in [7, 11) is 1.60. The second kappa shape index (κ2) is 7.60. The minimum atomic E-state index is -1.16. The van der Waals surface area contributed by atoms with Gasteiger partial charge in [-0.3, -0.25) is 4.79 Å². The lowest BCUT2D eigenvalue weighted by Gasteiger charge is -2.30. The Morgan fingerprint density at radius 1 is 1.16 bits per heavy atom. The molecule has 0 bridgehead atoms. The molecule has 1 aliphatic rings. The highest BCUT2D eigenvalue weighted by molar-refractivity contribution is 7.18. The van der Waals surface area contributed by atoms with Crippen molar-refractivity contribution in [1.82, 2.24) is 10.2 Å². The molecule has 132 valence electrons. The first-order chi connectivity index (χ1) is 12.1. The number of rotatable bonds is 5. The van der Waals surface area contributed by atoms with Gasteiger partial charge in [0.1, 0.15) is 10.8 Å². The van der Waals surface area contributed by atoms with E-state index in [2.05, 4.69) is 15.5 Å². The van der Waals surface area contributed by atoms with E-state index in [1.165, 1.54) is 11.3 Å². The van der Waals surface area contributed by atoms with Crippen molar-refractivity contribution in [3.05, 3.63) is 24.3 Å².